The number of aromatic nitrogens is 2. The summed E-state index contributed by atoms with van der Waals surface area (Å²) in [6.45, 7) is 1.60. The first-order chi connectivity index (χ1) is 4.88. The van der Waals surface area contributed by atoms with Crippen molar-refractivity contribution in [2.45, 2.75) is 0 Å². The van der Waals surface area contributed by atoms with Crippen LogP contribution in [0.3, 0.4) is 0 Å². The number of hydrogen-bond acceptors (Lipinski definition) is 3. The van der Waals surface area contributed by atoms with E-state index in [1.165, 1.54) is 0 Å². The summed E-state index contributed by atoms with van der Waals surface area (Å²) in [5, 5.41) is 7.21. The summed E-state index contributed by atoms with van der Waals surface area (Å²) in [5.41, 5.74) is 0. The lowest BCUT2D eigenvalue weighted by Crippen LogP contribution is -2.18. The minimum atomic E-state index is 0.735. The average Bonchev–Trinajstić information content (AvgIpc) is 2.34. The van der Waals surface area contributed by atoms with E-state index in [2.05, 4.69) is 10.4 Å². The Balaban J connectivity index is 2.45. The average molecular weight is 139 g/mol. The smallest absolute Gasteiger partial charge is 0.181 e. The van der Waals surface area contributed by atoms with Crippen LogP contribution in [0.2, 0.25) is 0 Å². The molecule has 0 radical (unpaired) electrons. The van der Waals surface area contributed by atoms with E-state index in [9.17, 15) is 0 Å². The molecule has 2 rings (SSSR count). The molecule has 4 nitrogen and oxygen atoms in total. The molecular formula is C6H9N3O. The molecule has 0 fully saturated rings. The van der Waals surface area contributed by atoms with Crippen LogP contribution in [0.25, 0.3) is 0 Å². The van der Waals surface area contributed by atoms with Gasteiger partial charge in [-0.2, -0.15) is 5.10 Å². The van der Waals surface area contributed by atoms with Crippen molar-refractivity contribution in [2.24, 2.45) is 7.05 Å². The van der Waals surface area contributed by atoms with Crippen LogP contribution in [0.5, 0.6) is 5.75 Å². The Morgan fingerprint density at radius 3 is 3.50 bits per heavy atom. The van der Waals surface area contributed by atoms with E-state index in [-0.39, 0.29) is 0 Å². The van der Waals surface area contributed by atoms with Crippen LogP contribution in [-0.2, 0) is 7.05 Å². The summed E-state index contributed by atoms with van der Waals surface area (Å²) in [7, 11) is 1.89. The van der Waals surface area contributed by atoms with E-state index in [0.29, 0.717) is 0 Å². The van der Waals surface area contributed by atoms with Crippen molar-refractivity contribution < 1.29 is 4.74 Å². The Labute approximate surface area is 58.8 Å². The van der Waals surface area contributed by atoms with E-state index < -0.39 is 0 Å². The van der Waals surface area contributed by atoms with Crippen LogP contribution in [-0.4, -0.2) is 22.9 Å². The first-order valence-electron chi connectivity index (χ1n) is 3.26. The predicted molar refractivity (Wildman–Crippen MR) is 37.2 cm³/mol. The minimum Gasteiger partial charge on any atom is -0.486 e. The Morgan fingerprint density at radius 1 is 1.80 bits per heavy atom. The van der Waals surface area contributed by atoms with Crippen molar-refractivity contribution in [3.63, 3.8) is 0 Å². The number of anilines is 1. The zero-order valence-electron chi connectivity index (χ0n) is 5.79. The molecule has 1 aromatic rings. The molecule has 1 N–H and O–H groups in total. The molecule has 4 heteroatoms. The molecule has 0 bridgehead atoms. The Hall–Kier alpha value is -1.19. The first kappa shape index (κ1) is 5.58. The summed E-state index contributed by atoms with van der Waals surface area (Å²) < 4.78 is 7.07. The van der Waals surface area contributed by atoms with Crippen molar-refractivity contribution in [1.82, 2.24) is 9.78 Å². The molecule has 10 heavy (non-hydrogen) atoms. The Morgan fingerprint density at radius 2 is 2.70 bits per heavy atom. The second-order valence-corrected chi connectivity index (χ2v) is 2.26. The van der Waals surface area contributed by atoms with Crippen LogP contribution in [0.4, 0.5) is 5.82 Å². The lowest BCUT2D eigenvalue weighted by atomic mass is 10.5. The quantitative estimate of drug-likeness (QED) is 0.559. The van der Waals surface area contributed by atoms with Crippen molar-refractivity contribution in [3.8, 4) is 5.75 Å². The highest BCUT2D eigenvalue weighted by molar-refractivity contribution is 5.50. The molecule has 1 aromatic heterocycles. The molecule has 0 atom stereocenters. The molecular weight excluding hydrogens is 130 g/mol. The fraction of sp³-hybridized carbons (Fsp3) is 0.500. The fourth-order valence-electron chi connectivity index (χ4n) is 1.05. The summed E-state index contributed by atoms with van der Waals surface area (Å²) in [6.07, 6.45) is 1.72. The van der Waals surface area contributed by atoms with Crippen molar-refractivity contribution in [3.05, 3.63) is 6.20 Å². The van der Waals surface area contributed by atoms with Crippen LogP contribution in [0.15, 0.2) is 6.20 Å². The van der Waals surface area contributed by atoms with E-state index in [1.807, 2.05) is 7.05 Å². The van der Waals surface area contributed by atoms with E-state index in [1.54, 1.807) is 10.9 Å². The standard InChI is InChI=1S/C6H9N3O/c1-9-6-5(4-8-9)10-3-2-7-6/h4,7H,2-3H2,1H3. The highest BCUT2D eigenvalue weighted by atomic mass is 16.5. The van der Waals surface area contributed by atoms with Crippen LogP contribution in [0.1, 0.15) is 0 Å². The van der Waals surface area contributed by atoms with Gasteiger partial charge in [-0.1, -0.05) is 0 Å². The molecule has 0 aromatic carbocycles. The predicted octanol–water partition coefficient (Wildman–Crippen LogP) is 0.224. The van der Waals surface area contributed by atoms with Gasteiger partial charge in [-0.05, 0) is 0 Å². The van der Waals surface area contributed by atoms with Gasteiger partial charge < -0.3 is 10.1 Å². The highest BCUT2D eigenvalue weighted by Crippen LogP contribution is 2.24. The number of aryl methyl sites for hydroxylation is 1. The van der Waals surface area contributed by atoms with E-state index in [0.717, 1.165) is 24.7 Å². The molecule has 2 heterocycles. The second kappa shape index (κ2) is 1.90. The van der Waals surface area contributed by atoms with Crippen LogP contribution < -0.4 is 10.1 Å². The number of rotatable bonds is 0. The topological polar surface area (TPSA) is 39.1 Å². The van der Waals surface area contributed by atoms with Gasteiger partial charge in [-0.3, -0.25) is 0 Å². The van der Waals surface area contributed by atoms with Gasteiger partial charge >= 0.3 is 0 Å². The Bertz CT molecular complexity index is 243. The molecule has 0 aliphatic carbocycles. The van der Waals surface area contributed by atoms with Gasteiger partial charge in [-0.15, -0.1) is 0 Å². The van der Waals surface area contributed by atoms with Gasteiger partial charge in [0.2, 0.25) is 0 Å². The third-order valence-corrected chi connectivity index (χ3v) is 1.56. The normalized spacial score (nSPS) is 15.3. The zero-order valence-corrected chi connectivity index (χ0v) is 5.79. The van der Waals surface area contributed by atoms with Gasteiger partial charge in [0, 0.05) is 7.05 Å². The first-order valence-corrected chi connectivity index (χ1v) is 3.26. The molecule has 0 spiro atoms. The molecule has 0 saturated carbocycles. The summed E-state index contributed by atoms with van der Waals surface area (Å²) in [4.78, 5) is 0. The third kappa shape index (κ3) is 0.650. The maximum atomic E-state index is 5.30. The van der Waals surface area contributed by atoms with Gasteiger partial charge in [0.15, 0.2) is 11.6 Å². The second-order valence-electron chi connectivity index (χ2n) is 2.26. The van der Waals surface area contributed by atoms with Gasteiger partial charge in [0.05, 0.1) is 12.7 Å². The highest BCUT2D eigenvalue weighted by Gasteiger charge is 2.12. The van der Waals surface area contributed by atoms with Crippen molar-refractivity contribution in [1.29, 1.82) is 0 Å². The lowest BCUT2D eigenvalue weighted by Gasteiger charge is -2.15. The van der Waals surface area contributed by atoms with E-state index >= 15 is 0 Å². The maximum absolute atomic E-state index is 5.30. The van der Waals surface area contributed by atoms with Crippen molar-refractivity contribution >= 4 is 5.82 Å². The Kier molecular flexibility index (Phi) is 1.06. The zero-order chi connectivity index (χ0) is 6.97. The molecule has 1 aliphatic rings. The van der Waals surface area contributed by atoms with E-state index in [4.69, 9.17) is 4.74 Å². The monoisotopic (exact) mass is 139 g/mol. The number of nitrogens with one attached hydrogen (secondary N) is 1. The number of nitrogens with zero attached hydrogens (tertiary/aromatic N) is 2. The van der Waals surface area contributed by atoms with Gasteiger partial charge in [0.25, 0.3) is 0 Å². The molecule has 1 aliphatic heterocycles. The summed E-state index contributed by atoms with van der Waals surface area (Å²) in [5.74, 6) is 1.83. The lowest BCUT2D eigenvalue weighted by molar-refractivity contribution is 0.322. The number of fused-ring (bicyclic) bond motifs is 1. The summed E-state index contributed by atoms with van der Waals surface area (Å²) in [6, 6.07) is 0. The number of ether oxygens (including phenoxy) is 1. The van der Waals surface area contributed by atoms with Crippen molar-refractivity contribution in [2.75, 3.05) is 18.5 Å². The van der Waals surface area contributed by atoms with Gasteiger partial charge in [0.1, 0.15) is 6.61 Å². The molecule has 54 valence electrons. The number of hydrogen-bond donors (Lipinski definition) is 1. The fourth-order valence-corrected chi connectivity index (χ4v) is 1.05. The van der Waals surface area contributed by atoms with Gasteiger partial charge in [-0.25, -0.2) is 4.68 Å². The van der Waals surface area contributed by atoms with Crippen LogP contribution >= 0.6 is 0 Å². The maximum Gasteiger partial charge on any atom is 0.181 e. The van der Waals surface area contributed by atoms with Crippen LogP contribution in [0, 0.1) is 0 Å². The minimum absolute atomic E-state index is 0.735. The largest absolute Gasteiger partial charge is 0.486 e. The SMILES string of the molecule is Cn1ncc2c1NCCO2. The summed E-state index contributed by atoms with van der Waals surface area (Å²) >= 11 is 0. The molecule has 0 saturated heterocycles. The third-order valence-electron chi connectivity index (χ3n) is 1.56. The molecule has 0 amide bonds. The molecule has 0 unspecified atom stereocenters.